The van der Waals surface area contributed by atoms with Crippen molar-refractivity contribution in [2.24, 2.45) is 0 Å². The number of aryl methyl sites for hydroxylation is 1. The number of fused-ring (bicyclic) bond motifs is 1. The summed E-state index contributed by atoms with van der Waals surface area (Å²) in [4.78, 5) is 0. The number of para-hydroxylation sites is 1. The quantitative estimate of drug-likeness (QED) is 0.840. The van der Waals surface area contributed by atoms with Gasteiger partial charge in [0.25, 0.3) is 0 Å². The Kier molecular flexibility index (Phi) is 2.76. The van der Waals surface area contributed by atoms with Crippen molar-refractivity contribution in [3.63, 3.8) is 0 Å². The first-order chi connectivity index (χ1) is 7.51. The van der Waals surface area contributed by atoms with Gasteiger partial charge in [-0.05, 0) is 32.4 Å². The van der Waals surface area contributed by atoms with Crippen LogP contribution in [0, 0.1) is 0 Å². The molecule has 0 amide bonds. The second-order valence-corrected chi connectivity index (χ2v) is 4.95. The SMILES string of the molecule is CCn1cc(CC(C)(C)O)c2ccccc21. The third kappa shape index (κ3) is 2.12. The van der Waals surface area contributed by atoms with Crippen LogP contribution in [0.5, 0.6) is 0 Å². The molecule has 86 valence electrons. The zero-order valence-electron chi connectivity index (χ0n) is 10.2. The Bertz CT molecular complexity index is 491. The predicted octanol–water partition coefficient (Wildman–Crippen LogP) is 2.97. The maximum Gasteiger partial charge on any atom is 0.0632 e. The molecule has 0 unspecified atom stereocenters. The highest BCUT2D eigenvalue weighted by atomic mass is 16.3. The van der Waals surface area contributed by atoms with E-state index in [4.69, 9.17) is 0 Å². The van der Waals surface area contributed by atoms with E-state index in [2.05, 4.69) is 42.0 Å². The molecule has 0 aliphatic rings. The van der Waals surface area contributed by atoms with E-state index in [0.717, 1.165) is 6.54 Å². The Balaban J connectivity index is 2.53. The molecule has 0 aliphatic heterocycles. The molecule has 1 aromatic heterocycles. The van der Waals surface area contributed by atoms with Gasteiger partial charge in [-0.2, -0.15) is 0 Å². The molecule has 1 aromatic carbocycles. The summed E-state index contributed by atoms with van der Waals surface area (Å²) >= 11 is 0. The Morgan fingerprint density at radius 2 is 1.94 bits per heavy atom. The molecule has 0 fully saturated rings. The molecule has 2 aromatic rings. The maximum atomic E-state index is 9.90. The largest absolute Gasteiger partial charge is 0.390 e. The van der Waals surface area contributed by atoms with Crippen molar-refractivity contribution in [3.8, 4) is 0 Å². The summed E-state index contributed by atoms with van der Waals surface area (Å²) in [7, 11) is 0. The van der Waals surface area contributed by atoms with Crippen LogP contribution in [0.2, 0.25) is 0 Å². The standard InChI is InChI=1S/C14H19NO/c1-4-15-10-11(9-14(2,3)16)12-7-5-6-8-13(12)15/h5-8,10,16H,4,9H2,1-3H3. The lowest BCUT2D eigenvalue weighted by atomic mass is 9.98. The summed E-state index contributed by atoms with van der Waals surface area (Å²) < 4.78 is 2.23. The lowest BCUT2D eigenvalue weighted by Crippen LogP contribution is -2.21. The molecular formula is C14H19NO. The van der Waals surface area contributed by atoms with Crippen LogP contribution >= 0.6 is 0 Å². The monoisotopic (exact) mass is 217 g/mol. The topological polar surface area (TPSA) is 25.2 Å². The Morgan fingerprint density at radius 3 is 2.56 bits per heavy atom. The van der Waals surface area contributed by atoms with E-state index in [9.17, 15) is 5.11 Å². The normalized spacial score (nSPS) is 12.2. The van der Waals surface area contributed by atoms with Gasteiger partial charge >= 0.3 is 0 Å². The van der Waals surface area contributed by atoms with E-state index >= 15 is 0 Å². The van der Waals surface area contributed by atoms with E-state index in [0.29, 0.717) is 6.42 Å². The Morgan fingerprint density at radius 1 is 1.25 bits per heavy atom. The number of aliphatic hydroxyl groups is 1. The third-order valence-electron chi connectivity index (χ3n) is 2.83. The summed E-state index contributed by atoms with van der Waals surface area (Å²) in [6.45, 7) is 6.81. The van der Waals surface area contributed by atoms with Gasteiger partial charge < -0.3 is 9.67 Å². The summed E-state index contributed by atoms with van der Waals surface area (Å²) in [5, 5.41) is 11.2. The fourth-order valence-corrected chi connectivity index (χ4v) is 2.19. The fraction of sp³-hybridized carbons (Fsp3) is 0.429. The van der Waals surface area contributed by atoms with Crippen LogP contribution in [0.1, 0.15) is 26.3 Å². The molecule has 1 heterocycles. The van der Waals surface area contributed by atoms with Crippen molar-refractivity contribution in [2.75, 3.05) is 0 Å². The van der Waals surface area contributed by atoms with Crippen LogP contribution in [-0.4, -0.2) is 15.3 Å². The van der Waals surface area contributed by atoms with Crippen molar-refractivity contribution in [1.29, 1.82) is 0 Å². The van der Waals surface area contributed by atoms with Crippen molar-refractivity contribution in [1.82, 2.24) is 4.57 Å². The van der Waals surface area contributed by atoms with E-state index in [1.54, 1.807) is 0 Å². The van der Waals surface area contributed by atoms with Crippen molar-refractivity contribution in [3.05, 3.63) is 36.0 Å². The smallest absolute Gasteiger partial charge is 0.0632 e. The third-order valence-corrected chi connectivity index (χ3v) is 2.83. The molecule has 0 bridgehead atoms. The van der Waals surface area contributed by atoms with Crippen molar-refractivity contribution < 1.29 is 5.11 Å². The summed E-state index contributed by atoms with van der Waals surface area (Å²) in [5.74, 6) is 0. The first kappa shape index (κ1) is 11.2. The van der Waals surface area contributed by atoms with Gasteiger partial charge in [-0.1, -0.05) is 18.2 Å². The van der Waals surface area contributed by atoms with Crippen LogP contribution in [0.4, 0.5) is 0 Å². The minimum absolute atomic E-state index is 0.650. The van der Waals surface area contributed by atoms with Gasteiger partial charge in [-0.3, -0.25) is 0 Å². The number of aromatic nitrogens is 1. The lowest BCUT2D eigenvalue weighted by Gasteiger charge is -2.16. The Hall–Kier alpha value is -1.28. The van der Waals surface area contributed by atoms with Crippen LogP contribution in [0.15, 0.2) is 30.5 Å². The zero-order valence-corrected chi connectivity index (χ0v) is 10.2. The molecule has 0 saturated heterocycles. The van der Waals surface area contributed by atoms with Gasteiger partial charge in [-0.25, -0.2) is 0 Å². The molecule has 0 spiro atoms. The molecule has 2 rings (SSSR count). The molecule has 1 N–H and O–H groups in total. The van der Waals surface area contributed by atoms with E-state index < -0.39 is 5.60 Å². The molecule has 0 radical (unpaired) electrons. The van der Waals surface area contributed by atoms with Gasteiger partial charge in [-0.15, -0.1) is 0 Å². The van der Waals surface area contributed by atoms with E-state index in [1.807, 2.05) is 13.8 Å². The lowest BCUT2D eigenvalue weighted by molar-refractivity contribution is 0.0813. The number of hydrogen-bond donors (Lipinski definition) is 1. The maximum absolute atomic E-state index is 9.90. The highest BCUT2D eigenvalue weighted by Gasteiger charge is 2.17. The van der Waals surface area contributed by atoms with Crippen LogP contribution < -0.4 is 0 Å². The number of benzene rings is 1. The number of nitrogens with zero attached hydrogens (tertiary/aromatic N) is 1. The van der Waals surface area contributed by atoms with Crippen LogP contribution in [0.25, 0.3) is 10.9 Å². The van der Waals surface area contributed by atoms with Crippen LogP contribution in [0.3, 0.4) is 0 Å². The minimum Gasteiger partial charge on any atom is -0.390 e. The Labute approximate surface area is 96.5 Å². The van der Waals surface area contributed by atoms with Crippen molar-refractivity contribution >= 4 is 10.9 Å². The van der Waals surface area contributed by atoms with Crippen LogP contribution in [-0.2, 0) is 13.0 Å². The number of rotatable bonds is 3. The number of hydrogen-bond acceptors (Lipinski definition) is 1. The summed E-state index contributed by atoms with van der Waals surface area (Å²) in [5.41, 5.74) is 1.83. The molecule has 0 atom stereocenters. The van der Waals surface area contributed by atoms with E-state index in [1.165, 1.54) is 16.5 Å². The second kappa shape index (κ2) is 3.95. The predicted molar refractivity (Wildman–Crippen MR) is 67.6 cm³/mol. The summed E-state index contributed by atoms with van der Waals surface area (Å²) in [6.07, 6.45) is 2.85. The molecule has 2 heteroatoms. The molecule has 0 aliphatic carbocycles. The minimum atomic E-state index is -0.650. The van der Waals surface area contributed by atoms with Gasteiger partial charge in [0.2, 0.25) is 0 Å². The van der Waals surface area contributed by atoms with Gasteiger partial charge in [0.15, 0.2) is 0 Å². The van der Waals surface area contributed by atoms with Crippen molar-refractivity contribution in [2.45, 2.75) is 39.3 Å². The highest BCUT2D eigenvalue weighted by Crippen LogP contribution is 2.24. The zero-order chi connectivity index (χ0) is 11.8. The molecule has 16 heavy (non-hydrogen) atoms. The first-order valence-electron chi connectivity index (χ1n) is 5.80. The van der Waals surface area contributed by atoms with Gasteiger partial charge in [0, 0.05) is 30.1 Å². The molecule has 2 nitrogen and oxygen atoms in total. The summed E-state index contributed by atoms with van der Waals surface area (Å²) in [6, 6.07) is 8.37. The highest BCUT2D eigenvalue weighted by molar-refractivity contribution is 5.84. The van der Waals surface area contributed by atoms with Gasteiger partial charge in [0.05, 0.1) is 5.60 Å². The molecular weight excluding hydrogens is 198 g/mol. The average Bonchev–Trinajstić information content (AvgIpc) is 2.55. The van der Waals surface area contributed by atoms with E-state index in [-0.39, 0.29) is 0 Å². The average molecular weight is 217 g/mol. The van der Waals surface area contributed by atoms with Gasteiger partial charge in [0.1, 0.15) is 0 Å². The second-order valence-electron chi connectivity index (χ2n) is 4.95. The fourth-order valence-electron chi connectivity index (χ4n) is 2.19. The first-order valence-corrected chi connectivity index (χ1v) is 5.80. The molecule has 0 saturated carbocycles.